The number of carbonyl (C=O) groups excluding carboxylic acids is 2. The minimum atomic E-state index is -3.81. The number of hydrogen-bond acceptors (Lipinski definition) is 4. The first-order chi connectivity index (χ1) is 15.6. The number of nitrogens with zero attached hydrogens (tertiary/aromatic N) is 1. The van der Waals surface area contributed by atoms with E-state index in [9.17, 15) is 18.0 Å². The van der Waals surface area contributed by atoms with Gasteiger partial charge in [-0.3, -0.25) is 14.3 Å². The second-order valence-electron chi connectivity index (χ2n) is 7.95. The minimum absolute atomic E-state index is 0.0414. The maximum absolute atomic E-state index is 12.8. The summed E-state index contributed by atoms with van der Waals surface area (Å²) in [6.07, 6.45) is 0. The van der Waals surface area contributed by atoms with Gasteiger partial charge in [0.15, 0.2) is 0 Å². The Kier molecular flexibility index (Phi) is 7.18. The summed E-state index contributed by atoms with van der Waals surface area (Å²) in [5.41, 5.74) is 4.34. The summed E-state index contributed by atoms with van der Waals surface area (Å²) in [6, 6.07) is 18.4. The van der Waals surface area contributed by atoms with Gasteiger partial charge in [0.05, 0.1) is 17.1 Å². The third kappa shape index (κ3) is 5.98. The van der Waals surface area contributed by atoms with Gasteiger partial charge in [-0.1, -0.05) is 29.8 Å². The van der Waals surface area contributed by atoms with E-state index in [0.717, 1.165) is 16.7 Å². The molecule has 0 fully saturated rings. The molecule has 3 rings (SSSR count). The number of benzene rings is 3. The average Bonchev–Trinajstić information content (AvgIpc) is 2.78. The highest BCUT2D eigenvalue weighted by molar-refractivity contribution is 7.92. The van der Waals surface area contributed by atoms with E-state index in [-0.39, 0.29) is 28.8 Å². The Bertz CT molecular complexity index is 1270. The smallest absolute Gasteiger partial charge is 0.261 e. The van der Waals surface area contributed by atoms with Crippen molar-refractivity contribution in [3.05, 3.63) is 89.0 Å². The molecule has 0 saturated carbocycles. The molecule has 0 saturated heterocycles. The summed E-state index contributed by atoms with van der Waals surface area (Å²) in [4.78, 5) is 26.3. The molecule has 2 amide bonds. The molecule has 3 aromatic carbocycles. The fraction of sp³-hybridized carbons (Fsp3) is 0.200. The van der Waals surface area contributed by atoms with Crippen LogP contribution >= 0.6 is 0 Å². The maximum Gasteiger partial charge on any atom is 0.261 e. The van der Waals surface area contributed by atoms with Crippen LogP contribution in [0.1, 0.15) is 27.0 Å². The van der Waals surface area contributed by atoms with E-state index >= 15 is 0 Å². The van der Waals surface area contributed by atoms with Crippen LogP contribution in [-0.4, -0.2) is 38.7 Å². The summed E-state index contributed by atoms with van der Waals surface area (Å²) in [6.45, 7) is 5.57. The molecule has 0 unspecified atom stereocenters. The number of amides is 2. The van der Waals surface area contributed by atoms with Gasteiger partial charge in [-0.05, 0) is 74.4 Å². The first kappa shape index (κ1) is 24.0. The Labute approximate surface area is 194 Å². The zero-order valence-corrected chi connectivity index (χ0v) is 19.9. The summed E-state index contributed by atoms with van der Waals surface area (Å²) in [5.74, 6) is -0.716. The van der Waals surface area contributed by atoms with Gasteiger partial charge in [-0.2, -0.15) is 0 Å². The van der Waals surface area contributed by atoms with Crippen LogP contribution in [0, 0.1) is 20.8 Å². The van der Waals surface area contributed by atoms with Crippen LogP contribution in [0.4, 0.5) is 11.4 Å². The first-order valence-electron chi connectivity index (χ1n) is 10.4. The topological polar surface area (TPSA) is 95.6 Å². The quantitative estimate of drug-likeness (QED) is 0.549. The van der Waals surface area contributed by atoms with Crippen molar-refractivity contribution in [2.75, 3.05) is 23.6 Å². The summed E-state index contributed by atoms with van der Waals surface area (Å²) >= 11 is 0. The highest BCUT2D eigenvalue weighted by atomic mass is 32.2. The molecular weight excluding hydrogens is 438 g/mol. The highest BCUT2D eigenvalue weighted by Crippen LogP contribution is 2.22. The van der Waals surface area contributed by atoms with Gasteiger partial charge < -0.3 is 10.2 Å². The lowest BCUT2D eigenvalue weighted by atomic mass is 10.1. The average molecular weight is 466 g/mol. The zero-order chi connectivity index (χ0) is 24.2. The van der Waals surface area contributed by atoms with Crippen LogP contribution in [-0.2, 0) is 14.8 Å². The van der Waals surface area contributed by atoms with Crippen molar-refractivity contribution in [2.45, 2.75) is 25.7 Å². The molecule has 8 heteroatoms. The monoisotopic (exact) mass is 465 g/mol. The van der Waals surface area contributed by atoms with E-state index in [0.29, 0.717) is 11.4 Å². The van der Waals surface area contributed by atoms with E-state index in [1.165, 1.54) is 36.2 Å². The molecule has 2 N–H and O–H groups in total. The molecule has 3 aromatic rings. The van der Waals surface area contributed by atoms with Crippen molar-refractivity contribution in [3.63, 3.8) is 0 Å². The minimum Gasteiger partial charge on any atom is -0.332 e. The van der Waals surface area contributed by atoms with Gasteiger partial charge in [0.25, 0.3) is 15.9 Å². The van der Waals surface area contributed by atoms with Gasteiger partial charge in [0, 0.05) is 18.3 Å². The van der Waals surface area contributed by atoms with Crippen LogP contribution in [0.15, 0.2) is 71.6 Å². The second-order valence-corrected chi connectivity index (χ2v) is 9.64. The van der Waals surface area contributed by atoms with Crippen molar-refractivity contribution < 1.29 is 18.0 Å². The SMILES string of the molecule is Cc1ccc(NC(=O)CN(C)C(=O)c2ccc(S(=O)(=O)Nc3cccc(C)c3C)cc2)cc1. The number of aryl methyl sites for hydroxylation is 2. The van der Waals surface area contributed by atoms with E-state index in [1.54, 1.807) is 24.3 Å². The molecular formula is C25H27N3O4S. The third-order valence-corrected chi connectivity index (χ3v) is 6.70. The predicted molar refractivity (Wildman–Crippen MR) is 130 cm³/mol. The Morgan fingerprint density at radius 3 is 2.15 bits per heavy atom. The lowest BCUT2D eigenvalue weighted by Crippen LogP contribution is -2.34. The van der Waals surface area contributed by atoms with E-state index < -0.39 is 10.0 Å². The first-order valence-corrected chi connectivity index (χ1v) is 11.9. The van der Waals surface area contributed by atoms with E-state index in [2.05, 4.69) is 10.0 Å². The van der Waals surface area contributed by atoms with Crippen molar-refractivity contribution in [1.29, 1.82) is 0 Å². The highest BCUT2D eigenvalue weighted by Gasteiger charge is 2.19. The number of sulfonamides is 1. The summed E-state index contributed by atoms with van der Waals surface area (Å²) < 4.78 is 28.1. The summed E-state index contributed by atoms with van der Waals surface area (Å²) in [5, 5.41) is 2.75. The molecule has 0 spiro atoms. The van der Waals surface area contributed by atoms with Crippen molar-refractivity contribution in [2.24, 2.45) is 0 Å². The fourth-order valence-corrected chi connectivity index (χ4v) is 4.31. The van der Waals surface area contributed by atoms with Crippen LogP contribution in [0.3, 0.4) is 0 Å². The number of hydrogen-bond donors (Lipinski definition) is 2. The lowest BCUT2D eigenvalue weighted by molar-refractivity contribution is -0.116. The Morgan fingerprint density at radius 2 is 1.52 bits per heavy atom. The normalized spacial score (nSPS) is 11.0. The van der Waals surface area contributed by atoms with E-state index in [1.807, 2.05) is 39.0 Å². The van der Waals surface area contributed by atoms with Crippen LogP contribution in [0.25, 0.3) is 0 Å². The molecule has 0 aliphatic carbocycles. The van der Waals surface area contributed by atoms with Crippen LogP contribution in [0.5, 0.6) is 0 Å². The van der Waals surface area contributed by atoms with Gasteiger partial charge in [-0.25, -0.2) is 8.42 Å². The molecule has 0 aromatic heterocycles. The van der Waals surface area contributed by atoms with Crippen LogP contribution in [0.2, 0.25) is 0 Å². The Morgan fingerprint density at radius 1 is 0.879 bits per heavy atom. The molecule has 0 heterocycles. The number of likely N-dealkylation sites (N-methyl/N-ethyl adjacent to an activating group) is 1. The van der Waals surface area contributed by atoms with Crippen LogP contribution < -0.4 is 10.0 Å². The molecule has 0 aliphatic rings. The third-order valence-electron chi connectivity index (χ3n) is 5.32. The van der Waals surface area contributed by atoms with Crippen molar-refractivity contribution in [3.8, 4) is 0 Å². The molecule has 0 bridgehead atoms. The maximum atomic E-state index is 12.8. The summed E-state index contributed by atoms with van der Waals surface area (Å²) in [7, 11) is -2.29. The van der Waals surface area contributed by atoms with Gasteiger partial charge in [-0.15, -0.1) is 0 Å². The van der Waals surface area contributed by atoms with Gasteiger partial charge in [0.2, 0.25) is 5.91 Å². The van der Waals surface area contributed by atoms with Crippen molar-refractivity contribution in [1.82, 2.24) is 4.90 Å². The second kappa shape index (κ2) is 9.87. The Balaban J connectivity index is 1.65. The molecule has 172 valence electrons. The predicted octanol–water partition coefficient (Wildman–Crippen LogP) is 4.12. The number of anilines is 2. The lowest BCUT2D eigenvalue weighted by Gasteiger charge is -2.17. The standard InChI is InChI=1S/C25H27N3O4S/c1-17-8-12-21(13-9-17)26-24(29)16-28(4)25(30)20-10-14-22(15-11-20)33(31,32)27-23-7-5-6-18(2)19(23)3/h5-15,27H,16H2,1-4H3,(H,26,29). The number of nitrogens with one attached hydrogen (secondary N) is 2. The van der Waals surface area contributed by atoms with E-state index in [4.69, 9.17) is 0 Å². The zero-order valence-electron chi connectivity index (χ0n) is 19.0. The largest absolute Gasteiger partial charge is 0.332 e. The number of rotatable bonds is 7. The fourth-order valence-electron chi connectivity index (χ4n) is 3.19. The van der Waals surface area contributed by atoms with Crippen molar-refractivity contribution >= 4 is 33.2 Å². The molecule has 7 nitrogen and oxygen atoms in total. The Hall–Kier alpha value is -3.65. The number of carbonyl (C=O) groups is 2. The van der Waals surface area contributed by atoms with Gasteiger partial charge >= 0.3 is 0 Å². The molecule has 33 heavy (non-hydrogen) atoms. The van der Waals surface area contributed by atoms with Gasteiger partial charge in [0.1, 0.15) is 0 Å². The molecule has 0 atom stereocenters. The molecule has 0 radical (unpaired) electrons. The molecule has 0 aliphatic heterocycles.